The van der Waals surface area contributed by atoms with Gasteiger partial charge in [0.25, 0.3) is 0 Å². The highest BCUT2D eigenvalue weighted by Crippen LogP contribution is 2.36. The Kier molecular flexibility index (Phi) is 7.53. The highest BCUT2D eigenvalue weighted by atomic mass is 15.2. The maximum absolute atomic E-state index is 6.37. The van der Waals surface area contributed by atoms with Crippen LogP contribution >= 0.6 is 0 Å². The summed E-state index contributed by atoms with van der Waals surface area (Å²) in [7, 11) is 0. The normalized spacial score (nSPS) is 29.7. The Morgan fingerprint density at radius 1 is 0.857 bits per heavy atom. The molecule has 1 heterocycles. The zero-order chi connectivity index (χ0) is 15.0. The average molecular weight is 295 g/mol. The van der Waals surface area contributed by atoms with Gasteiger partial charge in [-0.2, -0.15) is 0 Å². The molecular formula is C19H38N2. The van der Waals surface area contributed by atoms with E-state index in [4.69, 9.17) is 5.73 Å². The lowest BCUT2D eigenvalue weighted by Gasteiger charge is -2.45. The van der Waals surface area contributed by atoms with Crippen LogP contribution in [-0.2, 0) is 0 Å². The van der Waals surface area contributed by atoms with Crippen LogP contribution in [0.1, 0.15) is 96.8 Å². The van der Waals surface area contributed by atoms with Gasteiger partial charge in [0.1, 0.15) is 0 Å². The van der Waals surface area contributed by atoms with E-state index in [0.717, 1.165) is 12.6 Å². The van der Waals surface area contributed by atoms with Crippen LogP contribution in [0.3, 0.4) is 0 Å². The zero-order valence-corrected chi connectivity index (χ0v) is 14.4. The molecule has 0 amide bonds. The molecular weight excluding hydrogens is 256 g/mol. The van der Waals surface area contributed by atoms with Crippen LogP contribution in [0.5, 0.6) is 0 Å². The first-order chi connectivity index (χ1) is 10.3. The van der Waals surface area contributed by atoms with Crippen molar-refractivity contribution < 1.29 is 0 Å². The van der Waals surface area contributed by atoms with E-state index in [1.807, 2.05) is 0 Å². The fraction of sp³-hybridized carbons (Fsp3) is 1.00. The van der Waals surface area contributed by atoms with Gasteiger partial charge in [0, 0.05) is 18.1 Å². The molecule has 21 heavy (non-hydrogen) atoms. The standard InChI is InChI=1S/C19H38N2/c1-2-18-13-12-16-21(18)19(17-20)14-10-8-6-4-3-5-7-9-11-15-19/h18H,2-17,20H2,1H3. The van der Waals surface area contributed by atoms with E-state index < -0.39 is 0 Å². The molecule has 0 aromatic rings. The molecule has 0 aromatic heterocycles. The van der Waals surface area contributed by atoms with Crippen molar-refractivity contribution in [3.8, 4) is 0 Å². The smallest absolute Gasteiger partial charge is 0.0334 e. The first-order valence-electron chi connectivity index (χ1n) is 9.79. The molecule has 2 fully saturated rings. The van der Waals surface area contributed by atoms with E-state index in [1.165, 1.54) is 96.4 Å². The van der Waals surface area contributed by atoms with Gasteiger partial charge >= 0.3 is 0 Å². The van der Waals surface area contributed by atoms with E-state index in [1.54, 1.807) is 0 Å². The molecule has 2 heteroatoms. The molecule has 0 aromatic carbocycles. The second-order valence-electron chi connectivity index (χ2n) is 7.51. The van der Waals surface area contributed by atoms with Gasteiger partial charge in [-0.1, -0.05) is 64.7 Å². The zero-order valence-electron chi connectivity index (χ0n) is 14.4. The van der Waals surface area contributed by atoms with E-state index in [0.29, 0.717) is 5.54 Å². The Morgan fingerprint density at radius 2 is 1.38 bits per heavy atom. The van der Waals surface area contributed by atoms with Crippen LogP contribution in [-0.4, -0.2) is 29.6 Å². The lowest BCUT2D eigenvalue weighted by atomic mass is 9.83. The van der Waals surface area contributed by atoms with Crippen molar-refractivity contribution in [1.29, 1.82) is 0 Å². The van der Waals surface area contributed by atoms with Crippen LogP contribution in [0.4, 0.5) is 0 Å². The topological polar surface area (TPSA) is 29.3 Å². The quantitative estimate of drug-likeness (QED) is 0.805. The molecule has 2 N–H and O–H groups in total. The number of likely N-dealkylation sites (tertiary alicyclic amines) is 1. The average Bonchev–Trinajstić information content (AvgIpc) is 2.97. The number of nitrogens with zero attached hydrogens (tertiary/aromatic N) is 1. The largest absolute Gasteiger partial charge is 0.329 e. The third kappa shape index (κ3) is 4.69. The fourth-order valence-corrected chi connectivity index (χ4v) is 4.76. The summed E-state index contributed by atoms with van der Waals surface area (Å²) >= 11 is 0. The van der Waals surface area contributed by atoms with Crippen molar-refractivity contribution in [2.24, 2.45) is 5.73 Å². The lowest BCUT2D eigenvalue weighted by Crippen LogP contribution is -2.55. The van der Waals surface area contributed by atoms with Crippen molar-refractivity contribution in [3.63, 3.8) is 0 Å². The molecule has 0 bridgehead atoms. The summed E-state index contributed by atoms with van der Waals surface area (Å²) in [5.41, 5.74) is 6.70. The predicted octanol–water partition coefficient (Wildman–Crippen LogP) is 4.86. The lowest BCUT2D eigenvalue weighted by molar-refractivity contribution is 0.0564. The maximum atomic E-state index is 6.37. The van der Waals surface area contributed by atoms with Gasteiger partial charge in [-0.25, -0.2) is 0 Å². The molecule has 2 nitrogen and oxygen atoms in total. The van der Waals surface area contributed by atoms with Crippen molar-refractivity contribution in [2.75, 3.05) is 13.1 Å². The van der Waals surface area contributed by atoms with E-state index in [-0.39, 0.29) is 0 Å². The Morgan fingerprint density at radius 3 is 1.86 bits per heavy atom. The van der Waals surface area contributed by atoms with E-state index in [9.17, 15) is 0 Å². The third-order valence-corrected chi connectivity index (χ3v) is 6.12. The minimum atomic E-state index is 0.330. The fourth-order valence-electron chi connectivity index (χ4n) is 4.76. The van der Waals surface area contributed by atoms with Gasteiger partial charge in [0.2, 0.25) is 0 Å². The highest BCUT2D eigenvalue weighted by molar-refractivity contribution is 4.97. The van der Waals surface area contributed by atoms with Crippen molar-refractivity contribution in [2.45, 2.75) is 108 Å². The van der Waals surface area contributed by atoms with Gasteiger partial charge in [-0.15, -0.1) is 0 Å². The van der Waals surface area contributed by atoms with Crippen molar-refractivity contribution in [1.82, 2.24) is 4.90 Å². The SMILES string of the molecule is CCC1CCCN1C1(CN)CCCCCCCCCCC1. The molecule has 1 saturated heterocycles. The summed E-state index contributed by atoms with van der Waals surface area (Å²) in [5.74, 6) is 0. The monoisotopic (exact) mass is 294 g/mol. The minimum absolute atomic E-state index is 0.330. The second kappa shape index (κ2) is 9.15. The molecule has 1 aliphatic carbocycles. The Hall–Kier alpha value is -0.0800. The molecule has 0 spiro atoms. The summed E-state index contributed by atoms with van der Waals surface area (Å²) in [6.07, 6.45) is 19.7. The summed E-state index contributed by atoms with van der Waals surface area (Å²) in [5, 5.41) is 0. The molecule has 2 aliphatic rings. The predicted molar refractivity (Wildman–Crippen MR) is 92.6 cm³/mol. The summed E-state index contributed by atoms with van der Waals surface area (Å²) in [4.78, 5) is 2.85. The van der Waals surface area contributed by atoms with E-state index >= 15 is 0 Å². The molecule has 1 saturated carbocycles. The van der Waals surface area contributed by atoms with Crippen molar-refractivity contribution >= 4 is 0 Å². The Bertz CT molecular complexity index is 265. The number of hydrogen-bond acceptors (Lipinski definition) is 2. The first-order valence-corrected chi connectivity index (χ1v) is 9.79. The van der Waals surface area contributed by atoms with Crippen LogP contribution in [0.25, 0.3) is 0 Å². The van der Waals surface area contributed by atoms with Crippen LogP contribution in [0, 0.1) is 0 Å². The molecule has 1 aliphatic heterocycles. The first kappa shape index (κ1) is 17.3. The molecule has 1 atom stereocenters. The van der Waals surface area contributed by atoms with Gasteiger partial charge in [0.05, 0.1) is 0 Å². The van der Waals surface area contributed by atoms with E-state index in [2.05, 4.69) is 11.8 Å². The molecule has 124 valence electrons. The maximum Gasteiger partial charge on any atom is 0.0334 e. The number of rotatable bonds is 3. The summed E-state index contributed by atoms with van der Waals surface area (Å²) < 4.78 is 0. The van der Waals surface area contributed by atoms with Gasteiger partial charge < -0.3 is 5.73 Å². The third-order valence-electron chi connectivity index (χ3n) is 6.12. The van der Waals surface area contributed by atoms with Gasteiger partial charge in [-0.3, -0.25) is 4.90 Å². The highest BCUT2D eigenvalue weighted by Gasteiger charge is 2.40. The molecule has 0 radical (unpaired) electrons. The van der Waals surface area contributed by atoms with Gasteiger partial charge in [0.15, 0.2) is 0 Å². The Labute approximate surface area is 132 Å². The number of nitrogens with two attached hydrogens (primary N) is 1. The molecule has 2 rings (SSSR count). The molecule has 1 unspecified atom stereocenters. The Balaban J connectivity index is 2.03. The number of hydrogen-bond donors (Lipinski definition) is 1. The summed E-state index contributed by atoms with van der Waals surface area (Å²) in [6.45, 7) is 4.54. The van der Waals surface area contributed by atoms with Crippen LogP contribution < -0.4 is 5.73 Å². The summed E-state index contributed by atoms with van der Waals surface area (Å²) in [6, 6.07) is 0.807. The van der Waals surface area contributed by atoms with Crippen LogP contribution in [0.15, 0.2) is 0 Å². The minimum Gasteiger partial charge on any atom is -0.329 e. The van der Waals surface area contributed by atoms with Crippen LogP contribution in [0.2, 0.25) is 0 Å². The second-order valence-corrected chi connectivity index (χ2v) is 7.51. The van der Waals surface area contributed by atoms with Gasteiger partial charge in [-0.05, 0) is 38.6 Å². The van der Waals surface area contributed by atoms with Crippen molar-refractivity contribution in [3.05, 3.63) is 0 Å².